The van der Waals surface area contributed by atoms with Gasteiger partial charge in [0.2, 0.25) is 0 Å². The van der Waals surface area contributed by atoms with Gasteiger partial charge in [-0.05, 0) is 35.4 Å². The van der Waals surface area contributed by atoms with E-state index in [1.54, 1.807) is 24.3 Å². The molecule has 2 rings (SSSR count). The number of hydrogen-bond acceptors (Lipinski definition) is 6. The molecular weight excluding hydrogens is 382 g/mol. The number of hydrogen-bond donors (Lipinski definition) is 2. The molecule has 1 unspecified atom stereocenters. The highest BCUT2D eigenvalue weighted by Gasteiger charge is 2.16. The number of methoxy groups -OCH3 is 1. The molecule has 0 aliphatic rings. The second-order valence-corrected chi connectivity index (χ2v) is 7.68. The minimum absolute atomic E-state index is 0.275. The fourth-order valence-electron chi connectivity index (χ4n) is 2.43. The van der Waals surface area contributed by atoms with Crippen molar-refractivity contribution in [3.63, 3.8) is 0 Å². The number of aliphatic carboxylic acids is 1. The molecule has 0 amide bonds. The molecule has 0 aliphatic carbocycles. The summed E-state index contributed by atoms with van der Waals surface area (Å²) >= 11 is 0. The van der Waals surface area contributed by atoms with E-state index in [9.17, 15) is 13.2 Å². The van der Waals surface area contributed by atoms with Crippen LogP contribution in [0.25, 0.3) is 6.08 Å². The van der Waals surface area contributed by atoms with Gasteiger partial charge in [-0.1, -0.05) is 36.4 Å². The highest BCUT2D eigenvalue weighted by molar-refractivity contribution is 7.86. The number of rotatable bonds is 10. The highest BCUT2D eigenvalue weighted by atomic mass is 32.2. The number of benzene rings is 2. The Morgan fingerprint density at radius 3 is 2.32 bits per heavy atom. The van der Waals surface area contributed by atoms with Crippen LogP contribution in [0.2, 0.25) is 0 Å². The zero-order chi connectivity index (χ0) is 20.6. The predicted molar refractivity (Wildman–Crippen MR) is 108 cm³/mol. The predicted octanol–water partition coefficient (Wildman–Crippen LogP) is 2.79. The van der Waals surface area contributed by atoms with Gasteiger partial charge >= 0.3 is 16.1 Å². The van der Waals surface area contributed by atoms with Crippen LogP contribution in [0.15, 0.2) is 54.6 Å². The van der Waals surface area contributed by atoms with E-state index < -0.39 is 22.2 Å². The lowest BCUT2D eigenvalue weighted by Crippen LogP contribution is -2.24. The molecule has 0 saturated carbocycles. The second kappa shape index (κ2) is 9.91. The van der Waals surface area contributed by atoms with Crippen molar-refractivity contribution in [2.45, 2.75) is 12.5 Å². The van der Waals surface area contributed by atoms with E-state index in [0.29, 0.717) is 13.0 Å². The molecule has 7 nitrogen and oxygen atoms in total. The minimum Gasteiger partial charge on any atom is -0.479 e. The zero-order valence-electron chi connectivity index (χ0n) is 15.7. The van der Waals surface area contributed by atoms with Crippen molar-refractivity contribution >= 4 is 27.9 Å². The molecule has 8 heteroatoms. The van der Waals surface area contributed by atoms with Gasteiger partial charge in [0.1, 0.15) is 5.75 Å². The van der Waals surface area contributed by atoms with Gasteiger partial charge in [0.15, 0.2) is 6.10 Å². The van der Waals surface area contributed by atoms with Crippen LogP contribution in [-0.4, -0.2) is 45.5 Å². The molecule has 0 aromatic heterocycles. The van der Waals surface area contributed by atoms with E-state index in [0.717, 1.165) is 23.1 Å². The normalized spacial score (nSPS) is 12.6. The molecule has 1 atom stereocenters. The van der Waals surface area contributed by atoms with E-state index in [4.69, 9.17) is 14.0 Å². The number of carbonyl (C=O) groups is 1. The van der Waals surface area contributed by atoms with Gasteiger partial charge < -0.3 is 19.3 Å². The molecule has 2 aromatic rings. The molecule has 0 aliphatic heterocycles. The SMILES string of the molecule is COC(Cc1ccc(NC/C=C/c2ccc(OS(C)(=O)=O)cc2)cc1)C(=O)O. The van der Waals surface area contributed by atoms with Crippen molar-refractivity contribution in [3.8, 4) is 5.75 Å². The first-order valence-electron chi connectivity index (χ1n) is 8.51. The van der Waals surface area contributed by atoms with Crippen LogP contribution in [0.5, 0.6) is 5.75 Å². The maximum Gasteiger partial charge on any atom is 0.333 e. The third-order valence-electron chi connectivity index (χ3n) is 3.80. The lowest BCUT2D eigenvalue weighted by Gasteiger charge is -2.11. The minimum atomic E-state index is -3.52. The maximum absolute atomic E-state index is 11.1. The van der Waals surface area contributed by atoms with Crippen LogP contribution in [0.1, 0.15) is 11.1 Å². The lowest BCUT2D eigenvalue weighted by molar-refractivity contribution is -0.148. The van der Waals surface area contributed by atoms with Crippen LogP contribution in [0, 0.1) is 0 Å². The van der Waals surface area contributed by atoms with Crippen LogP contribution in [0.4, 0.5) is 5.69 Å². The quantitative estimate of drug-likeness (QED) is 0.586. The van der Waals surface area contributed by atoms with Crippen LogP contribution in [0.3, 0.4) is 0 Å². The molecule has 150 valence electrons. The smallest absolute Gasteiger partial charge is 0.333 e. The standard InChI is InChI=1S/C20H23NO6S/c1-26-19(20(22)23)14-16-5-9-17(10-6-16)21-13-3-4-15-7-11-18(12-8-15)27-28(2,24)25/h3-12,19,21H,13-14H2,1-2H3,(H,22,23)/b4-3+. The van der Waals surface area contributed by atoms with E-state index in [1.807, 2.05) is 36.4 Å². The Morgan fingerprint density at radius 1 is 1.14 bits per heavy atom. The molecule has 2 aromatic carbocycles. The molecule has 0 radical (unpaired) electrons. The van der Waals surface area contributed by atoms with Gasteiger partial charge in [-0.15, -0.1) is 0 Å². The van der Waals surface area contributed by atoms with Crippen molar-refractivity contribution in [3.05, 3.63) is 65.7 Å². The highest BCUT2D eigenvalue weighted by Crippen LogP contribution is 2.15. The van der Waals surface area contributed by atoms with E-state index in [2.05, 4.69) is 5.32 Å². The summed E-state index contributed by atoms with van der Waals surface area (Å²) in [6.07, 6.45) is 4.30. The molecule has 2 N–H and O–H groups in total. The second-order valence-electron chi connectivity index (χ2n) is 6.10. The topological polar surface area (TPSA) is 102 Å². The molecule has 0 fully saturated rings. The monoisotopic (exact) mass is 405 g/mol. The van der Waals surface area contributed by atoms with Crippen LogP contribution < -0.4 is 9.50 Å². The van der Waals surface area contributed by atoms with E-state index in [1.165, 1.54) is 7.11 Å². The van der Waals surface area contributed by atoms with Crippen molar-refractivity contribution < 1.29 is 27.2 Å². The fourth-order valence-corrected chi connectivity index (χ4v) is 2.89. The zero-order valence-corrected chi connectivity index (χ0v) is 16.5. The van der Waals surface area contributed by atoms with Crippen molar-refractivity contribution in [2.75, 3.05) is 25.2 Å². The summed E-state index contributed by atoms with van der Waals surface area (Å²) in [7, 11) is -2.14. The first kappa shape index (κ1) is 21.5. The molecule has 0 saturated heterocycles. The Hall–Kier alpha value is -2.84. The maximum atomic E-state index is 11.1. The van der Waals surface area contributed by atoms with Gasteiger partial charge in [-0.3, -0.25) is 0 Å². The average Bonchev–Trinajstić information content (AvgIpc) is 2.64. The Morgan fingerprint density at radius 2 is 1.79 bits per heavy atom. The molecule has 0 spiro atoms. The van der Waals surface area contributed by atoms with Gasteiger partial charge in [0.25, 0.3) is 0 Å². The number of nitrogens with one attached hydrogen (secondary N) is 1. The van der Waals surface area contributed by atoms with Crippen molar-refractivity contribution in [1.29, 1.82) is 0 Å². The third kappa shape index (κ3) is 7.42. The average molecular weight is 405 g/mol. The van der Waals surface area contributed by atoms with Gasteiger partial charge in [0, 0.05) is 25.8 Å². The Bertz CT molecular complexity index is 905. The Labute approximate surface area is 164 Å². The summed E-state index contributed by atoms with van der Waals surface area (Å²) in [5.41, 5.74) is 2.71. The van der Waals surface area contributed by atoms with Crippen LogP contribution >= 0.6 is 0 Å². The largest absolute Gasteiger partial charge is 0.479 e. The van der Waals surface area contributed by atoms with Gasteiger partial charge in [0.05, 0.1) is 6.26 Å². The van der Waals surface area contributed by atoms with Crippen molar-refractivity contribution in [2.24, 2.45) is 0 Å². The number of anilines is 1. The molecule has 0 bridgehead atoms. The molecule has 28 heavy (non-hydrogen) atoms. The first-order chi connectivity index (χ1) is 13.3. The summed E-state index contributed by atoms with van der Waals surface area (Å²) < 4.78 is 31.9. The number of ether oxygens (including phenoxy) is 1. The Balaban J connectivity index is 1.83. The third-order valence-corrected chi connectivity index (χ3v) is 4.29. The van der Waals surface area contributed by atoms with Gasteiger partial charge in [-0.2, -0.15) is 8.42 Å². The van der Waals surface area contributed by atoms with E-state index in [-0.39, 0.29) is 5.75 Å². The lowest BCUT2D eigenvalue weighted by atomic mass is 10.1. The summed E-state index contributed by atoms with van der Waals surface area (Å²) in [5, 5.41) is 12.2. The summed E-state index contributed by atoms with van der Waals surface area (Å²) in [4.78, 5) is 11.0. The van der Waals surface area contributed by atoms with Crippen LogP contribution in [-0.2, 0) is 26.1 Å². The number of carboxylic acid groups (broad SMARTS) is 1. The Kier molecular flexibility index (Phi) is 7.60. The fraction of sp³-hybridized carbons (Fsp3) is 0.250. The molecule has 0 heterocycles. The summed E-state index contributed by atoms with van der Waals surface area (Å²) in [6, 6.07) is 14.2. The van der Waals surface area contributed by atoms with E-state index >= 15 is 0 Å². The van der Waals surface area contributed by atoms with Gasteiger partial charge in [-0.25, -0.2) is 4.79 Å². The molecular formula is C20H23NO6S. The first-order valence-corrected chi connectivity index (χ1v) is 10.3. The summed E-state index contributed by atoms with van der Waals surface area (Å²) in [5.74, 6) is -0.706. The van der Waals surface area contributed by atoms with Crippen molar-refractivity contribution in [1.82, 2.24) is 0 Å². The summed E-state index contributed by atoms with van der Waals surface area (Å²) in [6.45, 7) is 0.594. The number of carboxylic acids is 1.